The molecule has 2 rings (SSSR count). The van der Waals surface area contributed by atoms with Crippen molar-refractivity contribution < 1.29 is 9.53 Å². The highest BCUT2D eigenvalue weighted by molar-refractivity contribution is 6.32. The minimum atomic E-state index is -0.148. The van der Waals surface area contributed by atoms with Crippen LogP contribution in [0.15, 0.2) is 12.3 Å². The second kappa shape index (κ2) is 4.89. The number of nitrogens with two attached hydrogens (primary N) is 1. The summed E-state index contributed by atoms with van der Waals surface area (Å²) in [5, 5.41) is 0.183. The third-order valence-corrected chi connectivity index (χ3v) is 3.02. The summed E-state index contributed by atoms with van der Waals surface area (Å²) in [5.41, 5.74) is 6.39. The molecule has 1 aliphatic heterocycles. The van der Waals surface area contributed by atoms with E-state index in [1.807, 2.05) is 6.92 Å². The molecule has 92 valence electrons. The molecule has 2 N–H and O–H groups in total. The smallest absolute Gasteiger partial charge is 0.257 e. The average Bonchev–Trinajstić information content (AvgIpc) is 2.32. The zero-order valence-corrected chi connectivity index (χ0v) is 10.3. The molecular weight excluding hydrogens is 242 g/mol. The number of halogens is 1. The molecule has 1 amide bonds. The number of rotatable bonds is 1. The zero-order valence-electron chi connectivity index (χ0n) is 9.52. The Balaban J connectivity index is 2.26. The van der Waals surface area contributed by atoms with Crippen LogP contribution >= 0.6 is 11.6 Å². The largest absolute Gasteiger partial charge is 0.397 e. The van der Waals surface area contributed by atoms with Crippen molar-refractivity contribution in [2.24, 2.45) is 0 Å². The molecule has 0 radical (unpaired) electrons. The number of carbonyl (C=O) groups is 1. The maximum absolute atomic E-state index is 12.3. The van der Waals surface area contributed by atoms with E-state index >= 15 is 0 Å². The number of nitrogens with zero attached hydrogens (tertiary/aromatic N) is 2. The monoisotopic (exact) mass is 255 g/mol. The number of anilines is 1. The summed E-state index contributed by atoms with van der Waals surface area (Å²) in [7, 11) is 0. The van der Waals surface area contributed by atoms with E-state index < -0.39 is 0 Å². The van der Waals surface area contributed by atoms with Crippen molar-refractivity contribution >= 4 is 23.2 Å². The number of pyridine rings is 1. The quantitative estimate of drug-likeness (QED) is 0.765. The first-order valence-corrected chi connectivity index (χ1v) is 5.77. The third-order valence-electron chi connectivity index (χ3n) is 2.72. The molecule has 0 saturated carbocycles. The Bertz CT molecular complexity index is 439. The van der Waals surface area contributed by atoms with Crippen LogP contribution in [-0.4, -0.2) is 41.6 Å². The molecule has 0 bridgehead atoms. The summed E-state index contributed by atoms with van der Waals surface area (Å²) in [4.78, 5) is 17.9. The van der Waals surface area contributed by atoms with E-state index in [4.69, 9.17) is 22.1 Å². The Kier molecular flexibility index (Phi) is 3.49. The van der Waals surface area contributed by atoms with Gasteiger partial charge in [0, 0.05) is 6.54 Å². The van der Waals surface area contributed by atoms with Crippen molar-refractivity contribution in [1.29, 1.82) is 0 Å². The van der Waals surface area contributed by atoms with Gasteiger partial charge in [0.15, 0.2) is 0 Å². The lowest BCUT2D eigenvalue weighted by Crippen LogP contribution is -2.47. The fraction of sp³-hybridized carbons (Fsp3) is 0.455. The van der Waals surface area contributed by atoms with Crippen molar-refractivity contribution in [3.8, 4) is 0 Å². The topological polar surface area (TPSA) is 68.5 Å². The van der Waals surface area contributed by atoms with Gasteiger partial charge in [0.25, 0.3) is 5.91 Å². The van der Waals surface area contributed by atoms with Crippen LogP contribution in [0, 0.1) is 0 Å². The van der Waals surface area contributed by atoms with E-state index in [1.165, 1.54) is 6.20 Å². The molecule has 0 aromatic carbocycles. The number of aromatic nitrogens is 1. The standard InChI is InChI=1S/C11H14ClN3O2/c1-7-6-17-3-2-15(7)11(16)9-4-8(13)5-14-10(9)12/h4-5,7H,2-3,6,13H2,1H3/t7-/m1/s1. The summed E-state index contributed by atoms with van der Waals surface area (Å²) in [6.45, 7) is 3.58. The molecule has 1 fully saturated rings. The first-order chi connectivity index (χ1) is 8.09. The number of nitrogen functional groups attached to an aromatic ring is 1. The Morgan fingerprint density at radius 1 is 1.71 bits per heavy atom. The number of carbonyl (C=O) groups excluding carboxylic acids is 1. The minimum Gasteiger partial charge on any atom is -0.397 e. The second-order valence-electron chi connectivity index (χ2n) is 4.03. The van der Waals surface area contributed by atoms with Gasteiger partial charge in [0.1, 0.15) is 5.15 Å². The fourth-order valence-corrected chi connectivity index (χ4v) is 1.98. The lowest BCUT2D eigenvalue weighted by Gasteiger charge is -2.33. The van der Waals surface area contributed by atoms with Gasteiger partial charge in [-0.2, -0.15) is 0 Å². The fourth-order valence-electron chi connectivity index (χ4n) is 1.80. The van der Waals surface area contributed by atoms with E-state index in [1.54, 1.807) is 11.0 Å². The van der Waals surface area contributed by atoms with Crippen LogP contribution in [0.2, 0.25) is 5.15 Å². The molecule has 0 unspecified atom stereocenters. The molecule has 1 saturated heterocycles. The van der Waals surface area contributed by atoms with Gasteiger partial charge >= 0.3 is 0 Å². The Labute approximate surface area is 105 Å². The van der Waals surface area contributed by atoms with Gasteiger partial charge in [-0.15, -0.1) is 0 Å². The van der Waals surface area contributed by atoms with E-state index in [0.717, 1.165) is 0 Å². The minimum absolute atomic E-state index is 0.0359. The molecule has 1 aliphatic rings. The summed E-state index contributed by atoms with van der Waals surface area (Å²) in [6.07, 6.45) is 1.43. The number of hydrogen-bond donors (Lipinski definition) is 1. The highest BCUT2D eigenvalue weighted by atomic mass is 35.5. The number of morpholine rings is 1. The van der Waals surface area contributed by atoms with Crippen LogP contribution < -0.4 is 5.73 Å². The van der Waals surface area contributed by atoms with Crippen molar-refractivity contribution in [1.82, 2.24) is 9.88 Å². The maximum Gasteiger partial charge on any atom is 0.257 e. The first kappa shape index (κ1) is 12.1. The molecule has 1 atom stereocenters. The molecule has 1 aromatic heterocycles. The van der Waals surface area contributed by atoms with Crippen LogP contribution in [0.5, 0.6) is 0 Å². The molecular formula is C11H14ClN3O2. The highest BCUT2D eigenvalue weighted by Gasteiger charge is 2.26. The zero-order chi connectivity index (χ0) is 12.4. The van der Waals surface area contributed by atoms with Gasteiger partial charge in [-0.1, -0.05) is 11.6 Å². The normalized spacial score (nSPS) is 20.4. The molecule has 17 heavy (non-hydrogen) atoms. The summed E-state index contributed by atoms with van der Waals surface area (Å²) < 4.78 is 5.28. The van der Waals surface area contributed by atoms with E-state index in [2.05, 4.69) is 4.98 Å². The molecule has 1 aromatic rings. The summed E-state index contributed by atoms with van der Waals surface area (Å²) >= 11 is 5.91. The predicted octanol–water partition coefficient (Wildman–Crippen LogP) is 1.18. The van der Waals surface area contributed by atoms with Gasteiger partial charge in [-0.25, -0.2) is 4.98 Å². The predicted molar refractivity (Wildman–Crippen MR) is 65.0 cm³/mol. The van der Waals surface area contributed by atoms with Crippen LogP contribution in [0.1, 0.15) is 17.3 Å². The van der Waals surface area contributed by atoms with E-state index in [-0.39, 0.29) is 17.1 Å². The molecule has 5 nitrogen and oxygen atoms in total. The maximum atomic E-state index is 12.3. The van der Waals surface area contributed by atoms with Crippen LogP contribution in [0.4, 0.5) is 5.69 Å². The molecule has 6 heteroatoms. The van der Waals surface area contributed by atoms with Crippen molar-refractivity contribution in [2.45, 2.75) is 13.0 Å². The third kappa shape index (κ3) is 2.50. The van der Waals surface area contributed by atoms with Crippen LogP contribution in [-0.2, 0) is 4.74 Å². The van der Waals surface area contributed by atoms with Crippen LogP contribution in [0.25, 0.3) is 0 Å². The molecule has 2 heterocycles. The summed E-state index contributed by atoms with van der Waals surface area (Å²) in [6, 6.07) is 1.59. The van der Waals surface area contributed by atoms with E-state index in [0.29, 0.717) is 31.0 Å². The summed E-state index contributed by atoms with van der Waals surface area (Å²) in [5.74, 6) is -0.148. The lowest BCUT2D eigenvalue weighted by molar-refractivity contribution is 0.00358. The van der Waals surface area contributed by atoms with Gasteiger partial charge in [-0.05, 0) is 13.0 Å². The van der Waals surface area contributed by atoms with Gasteiger partial charge < -0.3 is 15.4 Å². The molecule has 0 aliphatic carbocycles. The SMILES string of the molecule is C[C@@H]1COCCN1C(=O)c1cc(N)cnc1Cl. The van der Waals surface area contributed by atoms with Gasteiger partial charge in [0.05, 0.1) is 36.7 Å². The first-order valence-electron chi connectivity index (χ1n) is 5.39. The average molecular weight is 256 g/mol. The second-order valence-corrected chi connectivity index (χ2v) is 4.39. The highest BCUT2D eigenvalue weighted by Crippen LogP contribution is 2.20. The van der Waals surface area contributed by atoms with Crippen molar-refractivity contribution in [2.75, 3.05) is 25.5 Å². The van der Waals surface area contributed by atoms with Crippen molar-refractivity contribution in [3.63, 3.8) is 0 Å². The Morgan fingerprint density at radius 3 is 3.18 bits per heavy atom. The number of ether oxygens (including phenoxy) is 1. The Morgan fingerprint density at radius 2 is 2.47 bits per heavy atom. The van der Waals surface area contributed by atoms with Crippen LogP contribution in [0.3, 0.4) is 0 Å². The number of hydrogen-bond acceptors (Lipinski definition) is 4. The Hall–Kier alpha value is -1.33. The van der Waals surface area contributed by atoms with Gasteiger partial charge in [0.2, 0.25) is 0 Å². The lowest BCUT2D eigenvalue weighted by atomic mass is 10.2. The number of amides is 1. The van der Waals surface area contributed by atoms with Gasteiger partial charge in [-0.3, -0.25) is 4.79 Å². The van der Waals surface area contributed by atoms with Crippen molar-refractivity contribution in [3.05, 3.63) is 23.0 Å². The van der Waals surface area contributed by atoms with E-state index in [9.17, 15) is 4.79 Å². The molecule has 0 spiro atoms.